The summed E-state index contributed by atoms with van der Waals surface area (Å²) in [6, 6.07) is 2.11. The Morgan fingerprint density at radius 3 is 2.80 bits per heavy atom. The van der Waals surface area contributed by atoms with Crippen molar-refractivity contribution in [1.29, 1.82) is 0 Å². The van der Waals surface area contributed by atoms with Gasteiger partial charge >= 0.3 is 0 Å². The molecule has 0 aromatic carbocycles. The molecule has 0 spiro atoms. The van der Waals surface area contributed by atoms with Gasteiger partial charge in [-0.2, -0.15) is 5.10 Å². The van der Waals surface area contributed by atoms with Crippen LogP contribution in [0.3, 0.4) is 0 Å². The Morgan fingerprint density at radius 1 is 1.35 bits per heavy atom. The third kappa shape index (κ3) is 2.99. The first kappa shape index (κ1) is 14.5. The Labute approximate surface area is 120 Å². The van der Waals surface area contributed by atoms with Crippen LogP contribution in [-0.2, 0) is 13.5 Å². The summed E-state index contributed by atoms with van der Waals surface area (Å²) >= 11 is 0. The van der Waals surface area contributed by atoms with Crippen LogP contribution in [0.25, 0.3) is 0 Å². The predicted molar refractivity (Wildman–Crippen MR) is 78.9 cm³/mol. The molecule has 1 atom stereocenters. The van der Waals surface area contributed by atoms with E-state index in [1.54, 1.807) is 6.20 Å². The SMILES string of the molecule is CCOc1cncc(C(NC)c2cn(C)nc2CC)c1. The fraction of sp³-hybridized carbons (Fsp3) is 0.467. The van der Waals surface area contributed by atoms with Crippen LogP contribution in [-0.4, -0.2) is 28.4 Å². The van der Waals surface area contributed by atoms with E-state index in [-0.39, 0.29) is 6.04 Å². The molecule has 1 unspecified atom stereocenters. The van der Waals surface area contributed by atoms with Gasteiger partial charge in [0.1, 0.15) is 5.75 Å². The zero-order chi connectivity index (χ0) is 14.5. The molecule has 0 aliphatic heterocycles. The van der Waals surface area contributed by atoms with E-state index in [0.29, 0.717) is 6.61 Å². The predicted octanol–water partition coefficient (Wildman–Crippen LogP) is 2.08. The van der Waals surface area contributed by atoms with E-state index in [1.807, 2.05) is 38.0 Å². The van der Waals surface area contributed by atoms with Crippen molar-refractivity contribution in [2.75, 3.05) is 13.7 Å². The quantitative estimate of drug-likeness (QED) is 0.876. The van der Waals surface area contributed by atoms with Crippen LogP contribution in [0.1, 0.15) is 36.7 Å². The van der Waals surface area contributed by atoms with Crippen LogP contribution in [0.4, 0.5) is 0 Å². The molecule has 2 heterocycles. The number of hydrogen-bond donors (Lipinski definition) is 1. The summed E-state index contributed by atoms with van der Waals surface area (Å²) < 4.78 is 7.39. The van der Waals surface area contributed by atoms with Gasteiger partial charge in [-0.1, -0.05) is 6.92 Å². The second-order valence-corrected chi connectivity index (χ2v) is 4.67. The third-order valence-electron chi connectivity index (χ3n) is 3.25. The van der Waals surface area contributed by atoms with E-state index in [9.17, 15) is 0 Å². The minimum Gasteiger partial charge on any atom is -0.492 e. The first-order chi connectivity index (χ1) is 9.69. The van der Waals surface area contributed by atoms with Crippen molar-refractivity contribution < 1.29 is 4.74 Å². The number of aryl methyl sites for hydroxylation is 2. The zero-order valence-corrected chi connectivity index (χ0v) is 12.6. The summed E-state index contributed by atoms with van der Waals surface area (Å²) in [6.45, 7) is 4.73. The van der Waals surface area contributed by atoms with Gasteiger partial charge in [0.2, 0.25) is 0 Å². The van der Waals surface area contributed by atoms with E-state index in [2.05, 4.69) is 28.5 Å². The Bertz CT molecular complexity index is 565. The summed E-state index contributed by atoms with van der Waals surface area (Å²) in [7, 11) is 3.90. The van der Waals surface area contributed by atoms with Gasteiger partial charge in [0.05, 0.1) is 24.5 Å². The number of pyridine rings is 1. The van der Waals surface area contributed by atoms with Crippen LogP contribution in [0.2, 0.25) is 0 Å². The van der Waals surface area contributed by atoms with Crippen LogP contribution in [0.5, 0.6) is 5.75 Å². The molecular formula is C15H22N4O. The molecule has 0 bridgehead atoms. The number of rotatable bonds is 6. The van der Waals surface area contributed by atoms with Gasteiger partial charge in [-0.3, -0.25) is 9.67 Å². The topological polar surface area (TPSA) is 52.0 Å². The summed E-state index contributed by atoms with van der Waals surface area (Å²) in [5, 5.41) is 7.85. The number of ether oxygens (including phenoxy) is 1. The highest BCUT2D eigenvalue weighted by Gasteiger charge is 2.19. The molecule has 1 N–H and O–H groups in total. The lowest BCUT2D eigenvalue weighted by Crippen LogP contribution is -2.18. The summed E-state index contributed by atoms with van der Waals surface area (Å²) in [6.07, 6.45) is 6.58. The lowest BCUT2D eigenvalue weighted by Gasteiger charge is -2.17. The average molecular weight is 274 g/mol. The van der Waals surface area contributed by atoms with Gasteiger partial charge in [0.15, 0.2) is 0 Å². The van der Waals surface area contributed by atoms with Crippen molar-refractivity contribution in [3.8, 4) is 5.75 Å². The van der Waals surface area contributed by atoms with Crippen LogP contribution >= 0.6 is 0 Å². The van der Waals surface area contributed by atoms with Crippen LogP contribution < -0.4 is 10.1 Å². The summed E-state index contributed by atoms with van der Waals surface area (Å²) in [5.74, 6) is 0.798. The molecule has 2 aromatic rings. The monoisotopic (exact) mass is 274 g/mol. The second kappa shape index (κ2) is 6.52. The highest BCUT2D eigenvalue weighted by atomic mass is 16.5. The van der Waals surface area contributed by atoms with E-state index in [4.69, 9.17) is 4.74 Å². The Kier molecular flexibility index (Phi) is 4.74. The molecule has 0 saturated heterocycles. The molecule has 2 aromatic heterocycles. The molecule has 5 nitrogen and oxygen atoms in total. The molecule has 0 aliphatic carbocycles. The molecule has 0 radical (unpaired) electrons. The van der Waals surface area contributed by atoms with E-state index < -0.39 is 0 Å². The summed E-state index contributed by atoms with van der Waals surface area (Å²) in [5.41, 5.74) is 3.38. The van der Waals surface area contributed by atoms with Crippen molar-refractivity contribution in [2.24, 2.45) is 7.05 Å². The van der Waals surface area contributed by atoms with Gasteiger partial charge in [-0.15, -0.1) is 0 Å². The maximum Gasteiger partial charge on any atom is 0.137 e. The van der Waals surface area contributed by atoms with Crippen molar-refractivity contribution in [3.05, 3.63) is 41.5 Å². The molecular weight excluding hydrogens is 252 g/mol. The maximum atomic E-state index is 5.53. The second-order valence-electron chi connectivity index (χ2n) is 4.67. The smallest absolute Gasteiger partial charge is 0.137 e. The largest absolute Gasteiger partial charge is 0.492 e. The minimum atomic E-state index is 0.0755. The molecule has 0 fully saturated rings. The van der Waals surface area contributed by atoms with Crippen LogP contribution in [0, 0.1) is 0 Å². The fourth-order valence-corrected chi connectivity index (χ4v) is 2.41. The Balaban J connectivity index is 2.38. The molecule has 0 aliphatic rings. The average Bonchev–Trinajstić information content (AvgIpc) is 2.82. The van der Waals surface area contributed by atoms with Gasteiger partial charge in [0, 0.05) is 25.0 Å². The number of hydrogen-bond acceptors (Lipinski definition) is 4. The molecule has 5 heteroatoms. The third-order valence-corrected chi connectivity index (χ3v) is 3.25. The van der Waals surface area contributed by atoms with Crippen LogP contribution in [0.15, 0.2) is 24.7 Å². The Hall–Kier alpha value is -1.88. The van der Waals surface area contributed by atoms with Gasteiger partial charge in [-0.25, -0.2) is 0 Å². The highest BCUT2D eigenvalue weighted by Crippen LogP contribution is 2.26. The molecule has 0 amide bonds. The number of nitrogens with zero attached hydrogens (tertiary/aromatic N) is 3. The Morgan fingerprint density at radius 2 is 2.15 bits per heavy atom. The fourth-order valence-electron chi connectivity index (χ4n) is 2.41. The maximum absolute atomic E-state index is 5.53. The minimum absolute atomic E-state index is 0.0755. The standard InChI is InChI=1S/C15H22N4O/c1-5-14-13(10-19(4)18-14)15(16-3)11-7-12(20-6-2)9-17-8-11/h7-10,15-16H,5-6H2,1-4H3. The zero-order valence-electron chi connectivity index (χ0n) is 12.6. The first-order valence-electron chi connectivity index (χ1n) is 6.97. The summed E-state index contributed by atoms with van der Waals surface area (Å²) in [4.78, 5) is 4.27. The number of aromatic nitrogens is 3. The first-order valence-corrected chi connectivity index (χ1v) is 6.97. The van der Waals surface area contributed by atoms with Crippen molar-refractivity contribution in [3.63, 3.8) is 0 Å². The van der Waals surface area contributed by atoms with Crippen molar-refractivity contribution >= 4 is 0 Å². The number of nitrogens with one attached hydrogen (secondary N) is 1. The normalized spacial score (nSPS) is 12.4. The van der Waals surface area contributed by atoms with Crippen molar-refractivity contribution in [1.82, 2.24) is 20.1 Å². The van der Waals surface area contributed by atoms with E-state index in [0.717, 1.165) is 23.4 Å². The van der Waals surface area contributed by atoms with Crippen molar-refractivity contribution in [2.45, 2.75) is 26.3 Å². The lowest BCUT2D eigenvalue weighted by atomic mass is 10.00. The molecule has 0 saturated carbocycles. The molecule has 108 valence electrons. The van der Waals surface area contributed by atoms with Gasteiger partial charge in [-0.05, 0) is 32.0 Å². The van der Waals surface area contributed by atoms with E-state index >= 15 is 0 Å². The van der Waals surface area contributed by atoms with Gasteiger partial charge < -0.3 is 10.1 Å². The highest BCUT2D eigenvalue weighted by molar-refractivity contribution is 5.35. The van der Waals surface area contributed by atoms with Gasteiger partial charge in [0.25, 0.3) is 0 Å². The molecule has 20 heavy (non-hydrogen) atoms. The van der Waals surface area contributed by atoms with E-state index in [1.165, 1.54) is 5.56 Å². The lowest BCUT2D eigenvalue weighted by molar-refractivity contribution is 0.338. The molecule has 2 rings (SSSR count).